The van der Waals surface area contributed by atoms with E-state index in [2.05, 4.69) is 5.32 Å². The second-order valence-electron chi connectivity index (χ2n) is 10.4. The third-order valence-electron chi connectivity index (χ3n) is 7.61. The first kappa shape index (κ1) is 30.4. The molecule has 2 saturated carbocycles. The quantitative estimate of drug-likeness (QED) is 0.374. The molecule has 8 nitrogen and oxygen atoms in total. The van der Waals surface area contributed by atoms with Crippen LogP contribution in [-0.4, -0.2) is 47.1 Å². The Bertz CT molecular complexity index is 1050. The molecule has 0 radical (unpaired) electrons. The molecular formula is C29H44NO7P. The fourth-order valence-electron chi connectivity index (χ4n) is 5.71. The van der Waals surface area contributed by atoms with Gasteiger partial charge in [0.2, 0.25) is 0 Å². The summed E-state index contributed by atoms with van der Waals surface area (Å²) in [6, 6.07) is 9.55. The number of quaternary nitrogens is 1. The predicted octanol–water partition coefficient (Wildman–Crippen LogP) is 4.39. The summed E-state index contributed by atoms with van der Waals surface area (Å²) < 4.78 is 23.1. The Morgan fingerprint density at radius 3 is 1.97 bits per heavy atom. The second kappa shape index (κ2) is 14.9. The van der Waals surface area contributed by atoms with Crippen LogP contribution in [0.5, 0.6) is 11.5 Å². The highest BCUT2D eigenvalue weighted by molar-refractivity contribution is 7.55. The first-order chi connectivity index (χ1) is 18.3. The second-order valence-corrected chi connectivity index (χ2v) is 12.6. The number of phenolic OH excluding ortho intramolecular Hbond substituents is 2. The molecule has 212 valence electrons. The van der Waals surface area contributed by atoms with Gasteiger partial charge in [0.15, 0.2) is 0 Å². The molecule has 2 aromatic rings. The summed E-state index contributed by atoms with van der Waals surface area (Å²) in [6.07, 6.45) is 14.6. The van der Waals surface area contributed by atoms with E-state index in [0.717, 1.165) is 12.1 Å². The van der Waals surface area contributed by atoms with Crippen molar-refractivity contribution >= 4 is 24.3 Å². The van der Waals surface area contributed by atoms with Crippen LogP contribution in [0.2, 0.25) is 0 Å². The summed E-state index contributed by atoms with van der Waals surface area (Å²) in [5, 5.41) is 35.4. The summed E-state index contributed by atoms with van der Waals surface area (Å²) in [4.78, 5) is 11.6. The number of aromatic hydroxyl groups is 2. The maximum Gasteiger partial charge on any atom is 0.339 e. The van der Waals surface area contributed by atoms with E-state index in [4.69, 9.17) is 9.05 Å². The monoisotopic (exact) mass is 549 g/mol. The molecule has 4 rings (SSSR count). The van der Waals surface area contributed by atoms with Crippen molar-refractivity contribution in [1.29, 1.82) is 0 Å². The molecular weight excluding hydrogens is 505 g/mol. The number of carbonyl (C=O) groups is 1. The molecule has 4 N–H and O–H groups in total. The molecule has 0 spiro atoms. The van der Waals surface area contributed by atoms with Gasteiger partial charge in [0.1, 0.15) is 17.2 Å². The maximum atomic E-state index is 12.9. The van der Waals surface area contributed by atoms with Gasteiger partial charge < -0.3 is 34.5 Å². The summed E-state index contributed by atoms with van der Waals surface area (Å²) in [5.74, 6) is -1.81. The molecule has 0 saturated heterocycles. The Balaban J connectivity index is 0.000000256. The van der Waals surface area contributed by atoms with E-state index in [1.807, 2.05) is 0 Å². The molecule has 2 aliphatic rings. The average molecular weight is 550 g/mol. The molecule has 0 amide bonds. The number of hydrogen-bond acceptors (Lipinski definition) is 7. The highest BCUT2D eigenvalue weighted by atomic mass is 31.2. The van der Waals surface area contributed by atoms with Crippen LogP contribution in [0.15, 0.2) is 30.3 Å². The Morgan fingerprint density at radius 2 is 1.47 bits per heavy atom. The van der Waals surface area contributed by atoms with Crippen molar-refractivity contribution in [3.63, 3.8) is 0 Å². The molecule has 2 fully saturated rings. The Morgan fingerprint density at radius 1 is 0.947 bits per heavy atom. The lowest BCUT2D eigenvalue weighted by atomic mass is 9.91. The summed E-state index contributed by atoms with van der Waals surface area (Å²) in [7, 11) is -4.00. The molecule has 0 aromatic heterocycles. The summed E-state index contributed by atoms with van der Waals surface area (Å²) >= 11 is 0. The van der Waals surface area contributed by atoms with E-state index in [1.54, 1.807) is 26.0 Å². The number of nitrogens with two attached hydrogens (primary N) is 1. The summed E-state index contributed by atoms with van der Waals surface area (Å²) in [6.45, 7) is 3.16. The van der Waals surface area contributed by atoms with Crippen molar-refractivity contribution in [1.82, 2.24) is 0 Å². The average Bonchev–Trinajstić information content (AvgIpc) is 2.90. The lowest BCUT2D eigenvalue weighted by molar-refractivity contribution is -0.725. The highest BCUT2D eigenvalue weighted by Crippen LogP contribution is 2.54. The van der Waals surface area contributed by atoms with E-state index in [9.17, 15) is 24.7 Å². The van der Waals surface area contributed by atoms with E-state index in [-0.39, 0.29) is 36.7 Å². The van der Waals surface area contributed by atoms with Crippen LogP contribution in [0.3, 0.4) is 0 Å². The smallest absolute Gasteiger partial charge is 0.339 e. The molecule has 0 aliphatic heterocycles. The third-order valence-corrected chi connectivity index (χ3v) is 10.00. The number of phenols is 2. The van der Waals surface area contributed by atoms with Gasteiger partial charge in [0.05, 0.1) is 31.3 Å². The zero-order valence-electron chi connectivity index (χ0n) is 22.8. The van der Waals surface area contributed by atoms with Crippen molar-refractivity contribution in [3.8, 4) is 11.5 Å². The van der Waals surface area contributed by atoms with E-state index >= 15 is 0 Å². The van der Waals surface area contributed by atoms with Crippen LogP contribution in [-0.2, 0) is 24.8 Å². The number of aliphatic carboxylic acids is 1. The molecule has 1 atom stereocenters. The molecule has 2 aliphatic carbocycles. The van der Waals surface area contributed by atoms with Crippen LogP contribution in [0, 0.1) is 0 Å². The number of fused-ring (bicyclic) bond motifs is 1. The zero-order chi connectivity index (χ0) is 27.5. The molecule has 2 aromatic carbocycles. The number of carboxylic acid groups (broad SMARTS) is 1. The largest absolute Gasteiger partial charge is 0.549 e. The zero-order valence-corrected chi connectivity index (χ0v) is 23.7. The fraction of sp³-hybridized carbons (Fsp3) is 0.621. The molecule has 0 bridgehead atoms. The minimum absolute atomic E-state index is 0.00334. The third kappa shape index (κ3) is 8.44. The van der Waals surface area contributed by atoms with Crippen LogP contribution in [0.4, 0.5) is 0 Å². The van der Waals surface area contributed by atoms with Crippen molar-refractivity contribution in [3.05, 3.63) is 35.9 Å². The summed E-state index contributed by atoms with van der Waals surface area (Å²) in [5.41, 5.74) is -1.37. The van der Waals surface area contributed by atoms with Crippen molar-refractivity contribution in [2.75, 3.05) is 13.2 Å². The number of carboxylic acids is 1. The van der Waals surface area contributed by atoms with Crippen LogP contribution in [0.25, 0.3) is 10.8 Å². The van der Waals surface area contributed by atoms with Crippen molar-refractivity contribution in [2.45, 2.75) is 102 Å². The Hall–Kier alpha value is -2.12. The van der Waals surface area contributed by atoms with Gasteiger partial charge in [0, 0.05) is 5.56 Å². The first-order valence-corrected chi connectivity index (χ1v) is 15.8. The number of benzene rings is 2. The van der Waals surface area contributed by atoms with Gasteiger partial charge in [-0.05, 0) is 101 Å². The highest BCUT2D eigenvalue weighted by Gasteiger charge is 2.37. The fourth-order valence-corrected chi connectivity index (χ4v) is 7.52. The molecule has 1 unspecified atom stereocenters. The predicted molar refractivity (Wildman–Crippen MR) is 146 cm³/mol. The Labute approximate surface area is 226 Å². The van der Waals surface area contributed by atoms with Gasteiger partial charge in [-0.1, -0.05) is 25.0 Å². The molecule has 38 heavy (non-hydrogen) atoms. The Kier molecular flexibility index (Phi) is 11.9. The van der Waals surface area contributed by atoms with E-state index < -0.39 is 19.2 Å². The van der Waals surface area contributed by atoms with Gasteiger partial charge in [-0.25, -0.2) is 0 Å². The van der Waals surface area contributed by atoms with E-state index in [1.165, 1.54) is 82.4 Å². The van der Waals surface area contributed by atoms with Crippen molar-refractivity contribution in [2.24, 2.45) is 0 Å². The van der Waals surface area contributed by atoms with Gasteiger partial charge >= 0.3 is 7.60 Å². The van der Waals surface area contributed by atoms with Crippen LogP contribution < -0.4 is 10.4 Å². The first-order valence-electron chi connectivity index (χ1n) is 14.2. The number of carbonyl (C=O) groups excluding carboxylic acids is 1. The topological polar surface area (TPSA) is 133 Å². The molecule has 0 heterocycles. The van der Waals surface area contributed by atoms with Crippen LogP contribution in [0.1, 0.15) is 83.6 Å². The minimum Gasteiger partial charge on any atom is -0.549 e. The van der Waals surface area contributed by atoms with Gasteiger partial charge in [-0.3, -0.25) is 4.57 Å². The van der Waals surface area contributed by atoms with Gasteiger partial charge in [-0.2, -0.15) is 0 Å². The maximum absolute atomic E-state index is 12.9. The SMILES string of the molecule is C1CCC([NH2+]C2CCCCC2)CC1.CCOP(=O)(OCC)C(Cc1c(O)ccc2ccc(O)cc12)C(=O)[O-]. The van der Waals surface area contributed by atoms with Crippen molar-refractivity contribution < 1.29 is 39.0 Å². The minimum atomic E-state index is -4.00. The molecule has 9 heteroatoms. The normalized spacial score (nSPS) is 18.1. The lowest BCUT2D eigenvalue weighted by Crippen LogP contribution is -2.95. The van der Waals surface area contributed by atoms with Gasteiger partial charge in [0.25, 0.3) is 0 Å². The lowest BCUT2D eigenvalue weighted by Gasteiger charge is -2.27. The standard InChI is InChI=1S/C17H21O7P.C12H23N/c1-3-23-25(22,24-4-2)16(17(20)21)10-14-13-9-12(18)7-5-11(13)6-8-15(14)19;1-3-7-11(8-4-1)13-12-9-5-2-6-10-12/h5-9,16,18-19H,3-4,10H2,1-2H3,(H,20,21);11-13H,1-10H2. The van der Waals surface area contributed by atoms with Gasteiger partial charge in [-0.15, -0.1) is 0 Å². The number of rotatable bonds is 10. The van der Waals surface area contributed by atoms with E-state index in [0.29, 0.717) is 10.8 Å². The number of hydrogen-bond donors (Lipinski definition) is 3. The van der Waals surface area contributed by atoms with Crippen LogP contribution >= 0.6 is 7.60 Å².